The molecule has 0 saturated heterocycles. The van der Waals surface area contributed by atoms with Crippen molar-refractivity contribution in [2.75, 3.05) is 19.7 Å². The zero-order chi connectivity index (χ0) is 12.1. The summed E-state index contributed by atoms with van der Waals surface area (Å²) in [5.41, 5.74) is -0.585. The van der Waals surface area contributed by atoms with Gasteiger partial charge in [0.25, 0.3) is 10.1 Å². The molecule has 0 aliphatic rings. The van der Waals surface area contributed by atoms with Crippen LogP contribution in [-0.2, 0) is 28.6 Å². The maximum atomic E-state index is 11.0. The molecule has 0 N–H and O–H groups in total. The smallest absolute Gasteiger partial charge is 0.332 e. The largest absolute Gasteiger partial charge is 0.458 e. The predicted molar refractivity (Wildman–Crippen MR) is 52.6 cm³/mol. The van der Waals surface area contributed by atoms with Crippen LogP contribution in [0.2, 0.25) is 0 Å². The van der Waals surface area contributed by atoms with Gasteiger partial charge in [-0.1, -0.05) is 0 Å². The first-order valence-electron chi connectivity index (χ1n) is 4.24. The van der Waals surface area contributed by atoms with Crippen molar-refractivity contribution in [1.82, 2.24) is 0 Å². The Morgan fingerprint density at radius 3 is 2.20 bits per heavy atom. The van der Waals surface area contributed by atoms with Crippen molar-refractivity contribution in [1.29, 1.82) is 0 Å². The Morgan fingerprint density at radius 1 is 1.27 bits per heavy atom. The molecule has 0 rings (SSSR count). The van der Waals surface area contributed by atoms with Crippen LogP contribution in [0.15, 0.2) is 0 Å². The van der Waals surface area contributed by atoms with Crippen LogP contribution in [0.1, 0.15) is 20.8 Å². The van der Waals surface area contributed by atoms with Crippen molar-refractivity contribution in [3.63, 3.8) is 0 Å². The minimum atomic E-state index is -3.53. The fourth-order valence-electron chi connectivity index (χ4n) is 0.617. The first-order valence-corrected chi connectivity index (χ1v) is 6.06. The van der Waals surface area contributed by atoms with Gasteiger partial charge in [0.2, 0.25) is 0 Å². The summed E-state index contributed by atoms with van der Waals surface area (Å²) in [6, 6.07) is 0. The van der Waals surface area contributed by atoms with Crippen LogP contribution < -0.4 is 0 Å². The van der Waals surface area contributed by atoms with Gasteiger partial charge >= 0.3 is 5.97 Å². The molecule has 0 aliphatic heterocycles. The summed E-state index contributed by atoms with van der Waals surface area (Å²) in [5.74, 6) is -0.570. The van der Waals surface area contributed by atoms with Gasteiger partial charge in [-0.25, -0.2) is 8.98 Å². The quantitative estimate of drug-likeness (QED) is 0.297. The second kappa shape index (κ2) is 5.43. The fourth-order valence-corrected chi connectivity index (χ4v) is 0.860. The molecular weight excluding hydrogens is 224 g/mol. The Bertz CT molecular complexity index is 300. The number of carbonyl (C=O) groups excluding carboxylic acids is 1. The number of esters is 1. The van der Waals surface area contributed by atoms with Crippen LogP contribution in [-0.4, -0.2) is 39.6 Å². The molecule has 90 valence electrons. The molecule has 0 bridgehead atoms. The average molecular weight is 240 g/mol. The first kappa shape index (κ1) is 14.3. The lowest BCUT2D eigenvalue weighted by atomic mass is 10.2. The molecule has 15 heavy (non-hydrogen) atoms. The summed E-state index contributed by atoms with van der Waals surface area (Å²) in [4.78, 5) is 11.0. The van der Waals surface area contributed by atoms with Crippen molar-refractivity contribution in [3.8, 4) is 0 Å². The molecule has 0 aromatic heterocycles. The summed E-state index contributed by atoms with van der Waals surface area (Å²) in [6.45, 7) is 4.33. The molecule has 0 fully saturated rings. The second-order valence-corrected chi connectivity index (χ2v) is 5.52. The van der Waals surface area contributed by atoms with E-state index in [4.69, 9.17) is 4.74 Å². The minimum Gasteiger partial charge on any atom is -0.458 e. The molecule has 0 amide bonds. The van der Waals surface area contributed by atoms with E-state index in [1.807, 2.05) is 0 Å². The number of hydrogen-bond donors (Lipinski definition) is 0. The van der Waals surface area contributed by atoms with Gasteiger partial charge in [-0.05, 0) is 20.8 Å². The van der Waals surface area contributed by atoms with Crippen molar-refractivity contribution in [2.24, 2.45) is 0 Å². The van der Waals surface area contributed by atoms with Crippen LogP contribution >= 0.6 is 0 Å². The highest BCUT2D eigenvalue weighted by molar-refractivity contribution is 7.85. The van der Waals surface area contributed by atoms with Gasteiger partial charge < -0.3 is 9.47 Å². The maximum Gasteiger partial charge on any atom is 0.332 e. The van der Waals surface area contributed by atoms with E-state index in [0.29, 0.717) is 0 Å². The average Bonchev–Trinajstić information content (AvgIpc) is 1.92. The standard InChI is InChI=1S/C8H16O6S/c1-8(2,3)14-7(9)5-12-6-13-15(4,10)11/h5-6H2,1-4H3. The third-order valence-corrected chi connectivity index (χ3v) is 1.51. The Labute approximate surface area is 89.6 Å². The molecule has 0 aliphatic carbocycles. The van der Waals surface area contributed by atoms with E-state index in [1.54, 1.807) is 20.8 Å². The molecule has 6 nitrogen and oxygen atoms in total. The van der Waals surface area contributed by atoms with E-state index in [9.17, 15) is 13.2 Å². The van der Waals surface area contributed by atoms with E-state index in [1.165, 1.54) is 0 Å². The van der Waals surface area contributed by atoms with Gasteiger partial charge in [-0.15, -0.1) is 0 Å². The van der Waals surface area contributed by atoms with Crippen molar-refractivity contribution in [2.45, 2.75) is 26.4 Å². The molecule has 0 radical (unpaired) electrons. The molecule has 7 heteroatoms. The van der Waals surface area contributed by atoms with E-state index in [-0.39, 0.29) is 6.61 Å². The lowest BCUT2D eigenvalue weighted by Crippen LogP contribution is -2.27. The van der Waals surface area contributed by atoms with Crippen LogP contribution in [0.3, 0.4) is 0 Å². The highest BCUT2D eigenvalue weighted by atomic mass is 32.2. The summed E-state index contributed by atoms with van der Waals surface area (Å²) in [6.07, 6.45) is 0.893. The van der Waals surface area contributed by atoms with E-state index < -0.39 is 28.5 Å². The zero-order valence-electron chi connectivity index (χ0n) is 9.27. The number of hydrogen-bond acceptors (Lipinski definition) is 6. The number of carbonyl (C=O) groups is 1. The molecule has 0 saturated carbocycles. The van der Waals surface area contributed by atoms with E-state index in [2.05, 4.69) is 8.92 Å². The third kappa shape index (κ3) is 11.3. The minimum absolute atomic E-state index is 0.340. The summed E-state index contributed by atoms with van der Waals surface area (Å²) < 4.78 is 34.8. The fraction of sp³-hybridized carbons (Fsp3) is 0.875. The lowest BCUT2D eigenvalue weighted by Gasteiger charge is -2.19. The topological polar surface area (TPSA) is 78.9 Å². The predicted octanol–water partition coefficient (Wildman–Crippen LogP) is 0.278. The Hall–Kier alpha value is -0.660. The molecule has 0 aromatic carbocycles. The Balaban J connectivity index is 3.66. The number of ether oxygens (including phenoxy) is 2. The van der Waals surface area contributed by atoms with Gasteiger partial charge in [-0.3, -0.25) is 0 Å². The lowest BCUT2D eigenvalue weighted by molar-refractivity contribution is -0.162. The maximum absolute atomic E-state index is 11.0. The normalized spacial score (nSPS) is 12.5. The van der Waals surface area contributed by atoms with Crippen molar-refractivity contribution in [3.05, 3.63) is 0 Å². The van der Waals surface area contributed by atoms with Gasteiger partial charge in [0.05, 0.1) is 6.26 Å². The van der Waals surface area contributed by atoms with Crippen molar-refractivity contribution < 1.29 is 26.9 Å². The molecule has 0 atom stereocenters. The SMILES string of the molecule is CC(C)(C)OC(=O)COCOS(C)(=O)=O. The number of rotatable bonds is 5. The molecule has 0 unspecified atom stereocenters. The van der Waals surface area contributed by atoms with Gasteiger partial charge in [-0.2, -0.15) is 8.42 Å². The Kier molecular flexibility index (Phi) is 5.19. The highest BCUT2D eigenvalue weighted by Crippen LogP contribution is 2.06. The van der Waals surface area contributed by atoms with Crippen LogP contribution in [0, 0.1) is 0 Å². The van der Waals surface area contributed by atoms with Crippen LogP contribution in [0.4, 0.5) is 0 Å². The monoisotopic (exact) mass is 240 g/mol. The summed E-state index contributed by atoms with van der Waals surface area (Å²) >= 11 is 0. The summed E-state index contributed by atoms with van der Waals surface area (Å²) in [7, 11) is -3.53. The molecular formula is C8H16O6S. The van der Waals surface area contributed by atoms with Gasteiger partial charge in [0.15, 0.2) is 6.79 Å². The van der Waals surface area contributed by atoms with E-state index >= 15 is 0 Å². The van der Waals surface area contributed by atoms with Gasteiger partial charge in [0.1, 0.15) is 12.2 Å². The molecule has 0 aromatic rings. The second-order valence-electron chi connectivity index (χ2n) is 3.87. The first-order chi connectivity index (χ1) is 6.60. The third-order valence-electron chi connectivity index (χ3n) is 0.985. The highest BCUT2D eigenvalue weighted by Gasteiger charge is 2.16. The van der Waals surface area contributed by atoms with Crippen molar-refractivity contribution >= 4 is 16.1 Å². The Morgan fingerprint density at radius 2 is 1.80 bits per heavy atom. The molecule has 0 spiro atoms. The van der Waals surface area contributed by atoms with Crippen LogP contribution in [0.5, 0.6) is 0 Å². The molecule has 0 heterocycles. The van der Waals surface area contributed by atoms with Gasteiger partial charge in [0, 0.05) is 0 Å². The van der Waals surface area contributed by atoms with E-state index in [0.717, 1.165) is 6.26 Å². The zero-order valence-corrected chi connectivity index (χ0v) is 10.1. The summed E-state index contributed by atoms with van der Waals surface area (Å²) in [5, 5.41) is 0. The van der Waals surface area contributed by atoms with Crippen LogP contribution in [0.25, 0.3) is 0 Å².